The topological polar surface area (TPSA) is 42.4 Å². The summed E-state index contributed by atoms with van der Waals surface area (Å²) in [5.74, 6) is -0.534. The molecule has 0 spiro atoms. The van der Waals surface area contributed by atoms with Crippen molar-refractivity contribution in [1.82, 2.24) is 9.88 Å². The molecule has 3 rings (SSSR count). The molecule has 1 saturated heterocycles. The van der Waals surface area contributed by atoms with Crippen molar-refractivity contribution < 1.29 is 13.9 Å². The van der Waals surface area contributed by atoms with Gasteiger partial charge < -0.3 is 9.64 Å². The van der Waals surface area contributed by atoms with E-state index in [1.54, 1.807) is 23.4 Å². The summed E-state index contributed by atoms with van der Waals surface area (Å²) in [6.07, 6.45) is 5.19. The van der Waals surface area contributed by atoms with Crippen molar-refractivity contribution >= 4 is 17.5 Å². The zero-order valence-electron chi connectivity index (χ0n) is 13.8. The molecule has 1 aliphatic heterocycles. The second-order valence-corrected chi connectivity index (χ2v) is 6.54. The van der Waals surface area contributed by atoms with Crippen LogP contribution < -0.4 is 0 Å². The zero-order valence-corrected chi connectivity index (χ0v) is 14.6. The molecule has 6 heteroatoms. The van der Waals surface area contributed by atoms with E-state index in [4.69, 9.17) is 16.3 Å². The molecule has 2 aromatic rings. The van der Waals surface area contributed by atoms with Crippen LogP contribution in [0.2, 0.25) is 5.02 Å². The maximum Gasteiger partial charge on any atom is 0.227 e. The summed E-state index contributed by atoms with van der Waals surface area (Å²) in [6.45, 7) is 1.75. The van der Waals surface area contributed by atoms with Gasteiger partial charge in [-0.1, -0.05) is 23.7 Å². The second-order valence-electron chi connectivity index (χ2n) is 6.13. The number of likely N-dealkylation sites (tertiary alicyclic amines) is 1. The highest BCUT2D eigenvalue weighted by molar-refractivity contribution is 6.31. The fourth-order valence-electron chi connectivity index (χ4n) is 2.93. The quantitative estimate of drug-likeness (QED) is 0.815. The first-order valence-electron chi connectivity index (χ1n) is 8.34. The van der Waals surface area contributed by atoms with E-state index >= 15 is 0 Å². The number of hydrogen-bond donors (Lipinski definition) is 0. The van der Waals surface area contributed by atoms with Gasteiger partial charge in [0.25, 0.3) is 0 Å². The molecule has 25 heavy (non-hydrogen) atoms. The van der Waals surface area contributed by atoms with Crippen LogP contribution >= 0.6 is 11.6 Å². The maximum atomic E-state index is 13.8. The Morgan fingerprint density at radius 2 is 2.08 bits per heavy atom. The summed E-state index contributed by atoms with van der Waals surface area (Å²) in [4.78, 5) is 18.2. The van der Waals surface area contributed by atoms with Crippen molar-refractivity contribution in [3.63, 3.8) is 0 Å². The molecule has 0 saturated carbocycles. The molecule has 2 heterocycles. The first-order chi connectivity index (χ1) is 12.1. The van der Waals surface area contributed by atoms with E-state index in [0.717, 1.165) is 18.4 Å². The molecule has 1 fully saturated rings. The largest absolute Gasteiger partial charge is 0.373 e. The van der Waals surface area contributed by atoms with E-state index in [1.807, 2.05) is 12.1 Å². The van der Waals surface area contributed by atoms with Crippen LogP contribution in [0.1, 0.15) is 24.0 Å². The lowest BCUT2D eigenvalue weighted by Gasteiger charge is -2.32. The van der Waals surface area contributed by atoms with Gasteiger partial charge in [-0.15, -0.1) is 0 Å². The van der Waals surface area contributed by atoms with E-state index in [0.29, 0.717) is 24.7 Å². The minimum absolute atomic E-state index is 0.00723. The number of benzene rings is 1. The Balaban J connectivity index is 1.48. The number of rotatable bonds is 5. The highest BCUT2D eigenvalue weighted by Crippen LogP contribution is 2.22. The Morgan fingerprint density at radius 3 is 2.76 bits per heavy atom. The molecule has 0 N–H and O–H groups in total. The van der Waals surface area contributed by atoms with Crippen LogP contribution in [0.5, 0.6) is 0 Å². The number of pyridine rings is 1. The average Bonchev–Trinajstić information content (AvgIpc) is 2.64. The molecule has 0 atom stereocenters. The van der Waals surface area contributed by atoms with Crippen molar-refractivity contribution in [3.8, 4) is 0 Å². The first kappa shape index (κ1) is 17.8. The molecule has 0 radical (unpaired) electrons. The third kappa shape index (κ3) is 4.77. The summed E-state index contributed by atoms with van der Waals surface area (Å²) in [6, 6.07) is 8.33. The van der Waals surface area contributed by atoms with Gasteiger partial charge in [0.05, 0.1) is 19.1 Å². The van der Waals surface area contributed by atoms with Crippen molar-refractivity contribution in [1.29, 1.82) is 0 Å². The number of carbonyl (C=O) groups is 1. The number of carbonyl (C=O) groups excluding carboxylic acids is 1. The van der Waals surface area contributed by atoms with Crippen molar-refractivity contribution in [2.45, 2.75) is 32.0 Å². The van der Waals surface area contributed by atoms with Crippen molar-refractivity contribution in [2.24, 2.45) is 0 Å². The fourth-order valence-corrected chi connectivity index (χ4v) is 3.16. The minimum Gasteiger partial charge on any atom is -0.373 e. The molecule has 1 amide bonds. The van der Waals surface area contributed by atoms with Gasteiger partial charge in [-0.25, -0.2) is 4.39 Å². The van der Waals surface area contributed by atoms with Crippen LogP contribution in [-0.2, 0) is 22.6 Å². The summed E-state index contributed by atoms with van der Waals surface area (Å²) < 4.78 is 19.7. The Morgan fingerprint density at radius 1 is 1.28 bits per heavy atom. The van der Waals surface area contributed by atoms with Gasteiger partial charge in [0.1, 0.15) is 5.82 Å². The first-order valence-corrected chi connectivity index (χ1v) is 8.72. The Labute approximate surface area is 151 Å². The summed E-state index contributed by atoms with van der Waals surface area (Å²) in [5.41, 5.74) is 1.30. The molecule has 1 aromatic heterocycles. The van der Waals surface area contributed by atoms with Crippen LogP contribution in [0.25, 0.3) is 0 Å². The van der Waals surface area contributed by atoms with Crippen LogP contribution in [0, 0.1) is 5.82 Å². The average molecular weight is 363 g/mol. The smallest absolute Gasteiger partial charge is 0.227 e. The highest BCUT2D eigenvalue weighted by Gasteiger charge is 2.24. The van der Waals surface area contributed by atoms with E-state index in [9.17, 15) is 9.18 Å². The van der Waals surface area contributed by atoms with Gasteiger partial charge in [0.15, 0.2) is 0 Å². The van der Waals surface area contributed by atoms with Gasteiger partial charge in [0, 0.05) is 36.1 Å². The summed E-state index contributed by atoms with van der Waals surface area (Å²) >= 11 is 6.00. The number of amides is 1. The molecule has 0 unspecified atom stereocenters. The maximum absolute atomic E-state index is 13.8. The SMILES string of the molecule is O=C(Cc1c(F)cccc1Cl)N1CCC(OCc2cccnc2)CC1. The second kappa shape index (κ2) is 8.41. The van der Waals surface area contributed by atoms with Crippen LogP contribution in [-0.4, -0.2) is 35.0 Å². The third-order valence-electron chi connectivity index (χ3n) is 4.39. The van der Waals surface area contributed by atoms with E-state index in [2.05, 4.69) is 4.98 Å². The molecule has 0 bridgehead atoms. The van der Waals surface area contributed by atoms with E-state index in [-0.39, 0.29) is 24.0 Å². The summed E-state index contributed by atoms with van der Waals surface area (Å²) in [7, 11) is 0. The van der Waals surface area contributed by atoms with E-state index < -0.39 is 5.82 Å². The van der Waals surface area contributed by atoms with Gasteiger partial charge in [-0.2, -0.15) is 0 Å². The molecule has 0 aliphatic carbocycles. The standard InChI is InChI=1S/C19H20ClFN2O2/c20-17-4-1-5-18(21)16(17)11-19(24)23-9-6-15(7-10-23)25-13-14-3-2-8-22-12-14/h1-5,8,12,15H,6-7,9-11,13H2. The number of piperidine rings is 1. The molecule has 4 nitrogen and oxygen atoms in total. The number of aromatic nitrogens is 1. The monoisotopic (exact) mass is 362 g/mol. The molecule has 1 aromatic carbocycles. The number of nitrogens with zero attached hydrogens (tertiary/aromatic N) is 2. The Kier molecular flexibility index (Phi) is 6.00. The van der Waals surface area contributed by atoms with Gasteiger partial charge in [0.2, 0.25) is 5.91 Å². The van der Waals surface area contributed by atoms with Crippen LogP contribution in [0.3, 0.4) is 0 Å². The lowest BCUT2D eigenvalue weighted by Crippen LogP contribution is -2.41. The zero-order chi connectivity index (χ0) is 17.6. The normalized spacial score (nSPS) is 15.4. The van der Waals surface area contributed by atoms with Crippen LogP contribution in [0.15, 0.2) is 42.7 Å². The third-order valence-corrected chi connectivity index (χ3v) is 4.75. The molecule has 1 aliphatic rings. The lowest BCUT2D eigenvalue weighted by molar-refractivity contribution is -0.133. The minimum atomic E-state index is -0.435. The highest BCUT2D eigenvalue weighted by atomic mass is 35.5. The number of halogens is 2. The summed E-state index contributed by atoms with van der Waals surface area (Å²) in [5, 5.41) is 0.294. The molecular weight excluding hydrogens is 343 g/mol. The Hall–Kier alpha value is -1.98. The van der Waals surface area contributed by atoms with Gasteiger partial charge >= 0.3 is 0 Å². The fraction of sp³-hybridized carbons (Fsp3) is 0.368. The predicted molar refractivity (Wildman–Crippen MR) is 93.7 cm³/mol. The molecular formula is C19H20ClFN2O2. The van der Waals surface area contributed by atoms with Crippen molar-refractivity contribution in [3.05, 3.63) is 64.7 Å². The lowest BCUT2D eigenvalue weighted by atomic mass is 10.1. The molecule has 132 valence electrons. The van der Waals surface area contributed by atoms with Gasteiger partial charge in [-0.3, -0.25) is 9.78 Å². The van der Waals surface area contributed by atoms with Crippen LogP contribution in [0.4, 0.5) is 4.39 Å². The van der Waals surface area contributed by atoms with Crippen molar-refractivity contribution in [2.75, 3.05) is 13.1 Å². The number of hydrogen-bond acceptors (Lipinski definition) is 3. The number of ether oxygens (including phenoxy) is 1. The predicted octanol–water partition coefficient (Wildman–Crippen LogP) is 3.62. The van der Waals surface area contributed by atoms with Gasteiger partial charge in [-0.05, 0) is 36.6 Å². The van der Waals surface area contributed by atoms with E-state index in [1.165, 1.54) is 12.1 Å². The Bertz CT molecular complexity index is 698.